The van der Waals surface area contributed by atoms with E-state index in [9.17, 15) is 0 Å². The predicted molar refractivity (Wildman–Crippen MR) is 75.5 cm³/mol. The highest BCUT2D eigenvalue weighted by atomic mass is 35.5. The summed E-state index contributed by atoms with van der Waals surface area (Å²) in [5.74, 6) is 0. The van der Waals surface area contributed by atoms with Crippen LogP contribution in [0.2, 0.25) is 10.0 Å². The quantitative estimate of drug-likeness (QED) is 0.735. The van der Waals surface area contributed by atoms with Crippen LogP contribution in [-0.2, 0) is 16.0 Å². The Bertz CT molecular complexity index is 353. The van der Waals surface area contributed by atoms with Crippen molar-refractivity contribution in [2.24, 2.45) is 0 Å². The molecule has 18 heavy (non-hydrogen) atoms. The van der Waals surface area contributed by atoms with Gasteiger partial charge in [-0.1, -0.05) is 29.3 Å². The van der Waals surface area contributed by atoms with E-state index in [-0.39, 0.29) is 0 Å². The minimum atomic E-state index is 0.657. The van der Waals surface area contributed by atoms with Crippen LogP contribution in [0.5, 0.6) is 0 Å². The van der Waals surface area contributed by atoms with Gasteiger partial charge in [0.15, 0.2) is 0 Å². The third-order valence-electron chi connectivity index (χ3n) is 2.63. The van der Waals surface area contributed by atoms with Gasteiger partial charge in [-0.3, -0.25) is 4.90 Å². The molecular formula is C13H19Cl2NO2. The molecule has 0 saturated carbocycles. The van der Waals surface area contributed by atoms with Crippen molar-refractivity contribution in [2.45, 2.75) is 6.54 Å². The number of hydrogen-bond acceptors (Lipinski definition) is 3. The van der Waals surface area contributed by atoms with Crippen LogP contribution in [-0.4, -0.2) is 45.4 Å². The molecule has 1 aromatic carbocycles. The summed E-state index contributed by atoms with van der Waals surface area (Å²) in [7, 11) is 3.40. The SMILES string of the molecule is COCCN(CCOC)Cc1ccc(Cl)cc1Cl. The summed E-state index contributed by atoms with van der Waals surface area (Å²) in [6, 6.07) is 5.58. The number of hydrogen-bond donors (Lipinski definition) is 0. The van der Waals surface area contributed by atoms with Gasteiger partial charge in [-0.15, -0.1) is 0 Å². The molecule has 0 atom stereocenters. The summed E-state index contributed by atoms with van der Waals surface area (Å²) < 4.78 is 10.2. The lowest BCUT2D eigenvalue weighted by Crippen LogP contribution is -2.30. The molecule has 0 aliphatic heterocycles. The Morgan fingerprint density at radius 2 is 1.67 bits per heavy atom. The number of ether oxygens (including phenoxy) is 2. The van der Waals surface area contributed by atoms with Gasteiger partial charge in [0, 0.05) is 43.9 Å². The molecule has 1 aromatic rings. The summed E-state index contributed by atoms with van der Waals surface area (Å²) in [6.07, 6.45) is 0. The molecule has 0 aliphatic rings. The lowest BCUT2D eigenvalue weighted by molar-refractivity contribution is 0.110. The largest absolute Gasteiger partial charge is 0.383 e. The van der Waals surface area contributed by atoms with Crippen LogP contribution < -0.4 is 0 Å². The van der Waals surface area contributed by atoms with E-state index in [1.165, 1.54) is 0 Å². The topological polar surface area (TPSA) is 21.7 Å². The van der Waals surface area contributed by atoms with Gasteiger partial charge in [-0.2, -0.15) is 0 Å². The van der Waals surface area contributed by atoms with Crippen molar-refractivity contribution in [1.82, 2.24) is 4.90 Å². The van der Waals surface area contributed by atoms with Gasteiger partial charge in [0.05, 0.1) is 13.2 Å². The zero-order valence-electron chi connectivity index (χ0n) is 10.8. The Labute approximate surface area is 119 Å². The highest BCUT2D eigenvalue weighted by molar-refractivity contribution is 6.35. The van der Waals surface area contributed by atoms with E-state index in [0.29, 0.717) is 23.3 Å². The first kappa shape index (κ1) is 15.7. The van der Waals surface area contributed by atoms with Gasteiger partial charge < -0.3 is 9.47 Å². The van der Waals surface area contributed by atoms with Gasteiger partial charge in [-0.05, 0) is 17.7 Å². The van der Waals surface area contributed by atoms with Gasteiger partial charge in [0.25, 0.3) is 0 Å². The van der Waals surface area contributed by atoms with Gasteiger partial charge in [0.1, 0.15) is 0 Å². The summed E-state index contributed by atoms with van der Waals surface area (Å²) in [4.78, 5) is 2.24. The zero-order chi connectivity index (χ0) is 13.4. The summed E-state index contributed by atoms with van der Waals surface area (Å²) in [5, 5.41) is 1.35. The first-order valence-electron chi connectivity index (χ1n) is 5.81. The minimum Gasteiger partial charge on any atom is -0.383 e. The smallest absolute Gasteiger partial charge is 0.0589 e. The van der Waals surface area contributed by atoms with E-state index in [2.05, 4.69) is 4.90 Å². The van der Waals surface area contributed by atoms with Crippen molar-refractivity contribution in [2.75, 3.05) is 40.5 Å². The van der Waals surface area contributed by atoms with E-state index >= 15 is 0 Å². The Balaban J connectivity index is 2.62. The van der Waals surface area contributed by atoms with Crippen molar-refractivity contribution in [3.05, 3.63) is 33.8 Å². The van der Waals surface area contributed by atoms with Crippen LogP contribution in [0.3, 0.4) is 0 Å². The molecule has 1 rings (SSSR count). The molecule has 0 radical (unpaired) electrons. The maximum Gasteiger partial charge on any atom is 0.0589 e. The molecular weight excluding hydrogens is 273 g/mol. The average molecular weight is 292 g/mol. The predicted octanol–water partition coefficient (Wildman–Crippen LogP) is 3.09. The zero-order valence-corrected chi connectivity index (χ0v) is 12.3. The fourth-order valence-corrected chi connectivity index (χ4v) is 2.07. The Morgan fingerprint density at radius 1 is 1.06 bits per heavy atom. The summed E-state index contributed by atoms with van der Waals surface area (Å²) in [5.41, 5.74) is 1.06. The number of nitrogens with zero attached hydrogens (tertiary/aromatic N) is 1. The van der Waals surface area contributed by atoms with Crippen LogP contribution in [0.15, 0.2) is 18.2 Å². The van der Waals surface area contributed by atoms with E-state index in [1.807, 2.05) is 12.1 Å². The fraction of sp³-hybridized carbons (Fsp3) is 0.538. The molecule has 102 valence electrons. The van der Waals surface area contributed by atoms with E-state index in [0.717, 1.165) is 25.2 Å². The first-order valence-corrected chi connectivity index (χ1v) is 6.57. The molecule has 0 unspecified atom stereocenters. The van der Waals surface area contributed by atoms with Crippen molar-refractivity contribution in [3.63, 3.8) is 0 Å². The second-order valence-corrected chi connectivity index (χ2v) is 4.84. The lowest BCUT2D eigenvalue weighted by atomic mass is 10.2. The second kappa shape index (κ2) is 8.73. The van der Waals surface area contributed by atoms with Crippen LogP contribution in [0.4, 0.5) is 0 Å². The Kier molecular flexibility index (Phi) is 7.63. The molecule has 5 heteroatoms. The van der Waals surface area contributed by atoms with Gasteiger partial charge in [-0.25, -0.2) is 0 Å². The van der Waals surface area contributed by atoms with Crippen molar-refractivity contribution >= 4 is 23.2 Å². The average Bonchev–Trinajstić information content (AvgIpc) is 2.35. The van der Waals surface area contributed by atoms with Crippen LogP contribution in [0.25, 0.3) is 0 Å². The maximum atomic E-state index is 6.17. The molecule has 0 amide bonds. The van der Waals surface area contributed by atoms with Gasteiger partial charge in [0.2, 0.25) is 0 Å². The standard InChI is InChI=1S/C13H19Cl2NO2/c1-17-7-5-16(6-8-18-2)10-11-3-4-12(14)9-13(11)15/h3-4,9H,5-8,10H2,1-2H3. The fourth-order valence-electron chi connectivity index (χ4n) is 1.60. The van der Waals surface area contributed by atoms with E-state index in [1.54, 1.807) is 20.3 Å². The monoisotopic (exact) mass is 291 g/mol. The minimum absolute atomic E-state index is 0.657. The number of halogens is 2. The maximum absolute atomic E-state index is 6.17. The van der Waals surface area contributed by atoms with E-state index in [4.69, 9.17) is 32.7 Å². The molecule has 0 bridgehead atoms. The van der Waals surface area contributed by atoms with Crippen LogP contribution >= 0.6 is 23.2 Å². The third-order valence-corrected chi connectivity index (χ3v) is 3.22. The first-order chi connectivity index (χ1) is 8.67. The summed E-state index contributed by atoms with van der Waals surface area (Å²) >= 11 is 12.1. The molecule has 0 saturated heterocycles. The third kappa shape index (κ3) is 5.55. The number of benzene rings is 1. The molecule has 3 nitrogen and oxygen atoms in total. The normalized spacial score (nSPS) is 11.2. The second-order valence-electron chi connectivity index (χ2n) is 4.00. The number of methoxy groups -OCH3 is 2. The Hall–Kier alpha value is -0.320. The lowest BCUT2D eigenvalue weighted by Gasteiger charge is -2.22. The molecule has 0 spiro atoms. The summed E-state index contributed by atoms with van der Waals surface area (Å²) in [6.45, 7) is 3.84. The Morgan fingerprint density at radius 3 is 2.17 bits per heavy atom. The van der Waals surface area contributed by atoms with Gasteiger partial charge >= 0.3 is 0 Å². The molecule has 0 N–H and O–H groups in total. The molecule has 0 aliphatic carbocycles. The van der Waals surface area contributed by atoms with Crippen LogP contribution in [0.1, 0.15) is 5.56 Å². The molecule has 0 heterocycles. The molecule has 0 aromatic heterocycles. The van der Waals surface area contributed by atoms with Crippen molar-refractivity contribution in [3.8, 4) is 0 Å². The molecule has 0 fully saturated rings. The van der Waals surface area contributed by atoms with Crippen molar-refractivity contribution < 1.29 is 9.47 Å². The van der Waals surface area contributed by atoms with Crippen molar-refractivity contribution in [1.29, 1.82) is 0 Å². The number of rotatable bonds is 8. The highest BCUT2D eigenvalue weighted by Gasteiger charge is 2.08. The van der Waals surface area contributed by atoms with E-state index < -0.39 is 0 Å². The highest BCUT2D eigenvalue weighted by Crippen LogP contribution is 2.22. The van der Waals surface area contributed by atoms with Crippen LogP contribution in [0, 0.1) is 0 Å².